The summed E-state index contributed by atoms with van der Waals surface area (Å²) in [5.74, 6) is 2.15. The highest BCUT2D eigenvalue weighted by molar-refractivity contribution is 5.18. The molecule has 1 unspecified atom stereocenters. The summed E-state index contributed by atoms with van der Waals surface area (Å²) in [5.41, 5.74) is 1.20. The average molecular weight is 344 g/mol. The summed E-state index contributed by atoms with van der Waals surface area (Å²) < 4.78 is 10.6. The Bertz CT molecular complexity index is 631. The number of benzene rings is 1. The van der Waals surface area contributed by atoms with E-state index in [1.807, 2.05) is 18.2 Å². The zero-order valence-electron chi connectivity index (χ0n) is 15.2. The van der Waals surface area contributed by atoms with Gasteiger partial charge in [-0.1, -0.05) is 35.5 Å². The summed E-state index contributed by atoms with van der Waals surface area (Å²) in [6.45, 7) is 5.93. The van der Waals surface area contributed by atoms with E-state index in [-0.39, 0.29) is 0 Å². The van der Waals surface area contributed by atoms with Gasteiger partial charge in [0.25, 0.3) is 0 Å². The topological polar surface area (TPSA) is 54.6 Å². The van der Waals surface area contributed by atoms with E-state index < -0.39 is 0 Å². The summed E-state index contributed by atoms with van der Waals surface area (Å²) in [7, 11) is 3.89. The second-order valence-corrected chi connectivity index (χ2v) is 6.91. The van der Waals surface area contributed by atoms with Crippen molar-refractivity contribution < 1.29 is 9.26 Å². The van der Waals surface area contributed by atoms with E-state index in [0.717, 1.165) is 32.1 Å². The molecule has 3 rings (SSSR count). The van der Waals surface area contributed by atoms with Crippen molar-refractivity contribution in [1.82, 2.24) is 19.9 Å². The molecule has 1 aromatic carbocycles. The maximum absolute atomic E-state index is 5.42. The molecule has 0 spiro atoms. The summed E-state index contributed by atoms with van der Waals surface area (Å²) in [6.07, 6.45) is 1.96. The highest BCUT2D eigenvalue weighted by Gasteiger charge is 2.23. The maximum Gasteiger partial charge on any atom is 0.240 e. The molecule has 0 aliphatic carbocycles. The zero-order valence-corrected chi connectivity index (χ0v) is 15.2. The predicted molar refractivity (Wildman–Crippen MR) is 96.3 cm³/mol. The van der Waals surface area contributed by atoms with Crippen LogP contribution < -0.4 is 0 Å². The third kappa shape index (κ3) is 5.63. The summed E-state index contributed by atoms with van der Waals surface area (Å²) in [6, 6.07) is 10.2. The standard InChI is InChI=1S/C19H28N4O2/c1-22(13-17-8-9-23(14-17)10-11-24-2)15-19-20-18(21-25-19)12-16-6-4-3-5-7-16/h3-7,17H,8-15H2,1-2H3. The van der Waals surface area contributed by atoms with Crippen LogP contribution in [0.25, 0.3) is 0 Å². The van der Waals surface area contributed by atoms with Crippen molar-refractivity contribution in [2.24, 2.45) is 5.92 Å². The first-order valence-electron chi connectivity index (χ1n) is 8.98. The molecular formula is C19H28N4O2. The first kappa shape index (κ1) is 18.0. The monoisotopic (exact) mass is 344 g/mol. The molecule has 1 saturated heterocycles. The van der Waals surface area contributed by atoms with E-state index in [1.165, 1.54) is 18.5 Å². The van der Waals surface area contributed by atoms with Crippen molar-refractivity contribution in [2.75, 3.05) is 46.9 Å². The fourth-order valence-electron chi connectivity index (χ4n) is 3.43. The van der Waals surface area contributed by atoms with Crippen molar-refractivity contribution in [1.29, 1.82) is 0 Å². The first-order valence-corrected chi connectivity index (χ1v) is 8.98. The molecular weight excluding hydrogens is 316 g/mol. The Labute approximate surface area is 149 Å². The van der Waals surface area contributed by atoms with Gasteiger partial charge in [0.05, 0.1) is 13.2 Å². The van der Waals surface area contributed by atoms with Crippen molar-refractivity contribution in [3.63, 3.8) is 0 Å². The summed E-state index contributed by atoms with van der Waals surface area (Å²) >= 11 is 0. The van der Waals surface area contributed by atoms with Gasteiger partial charge in [-0.25, -0.2) is 0 Å². The second kappa shape index (κ2) is 9.08. The van der Waals surface area contributed by atoms with E-state index in [1.54, 1.807) is 7.11 Å². The SMILES string of the molecule is COCCN1CCC(CN(C)Cc2nc(Cc3ccccc3)no2)C1. The molecule has 0 N–H and O–H groups in total. The predicted octanol–water partition coefficient (Wildman–Crippen LogP) is 2.06. The Kier molecular flexibility index (Phi) is 6.55. The molecule has 25 heavy (non-hydrogen) atoms. The molecule has 1 fully saturated rings. The third-order valence-corrected chi connectivity index (χ3v) is 4.67. The zero-order chi connectivity index (χ0) is 17.5. The van der Waals surface area contributed by atoms with Crippen LogP contribution in [0.2, 0.25) is 0 Å². The molecule has 2 aromatic rings. The lowest BCUT2D eigenvalue weighted by molar-refractivity contribution is 0.156. The molecule has 1 atom stereocenters. The molecule has 136 valence electrons. The van der Waals surface area contributed by atoms with E-state index >= 15 is 0 Å². The van der Waals surface area contributed by atoms with Crippen LogP contribution in [0, 0.1) is 5.92 Å². The highest BCUT2D eigenvalue weighted by atomic mass is 16.5. The number of hydrogen-bond acceptors (Lipinski definition) is 6. The van der Waals surface area contributed by atoms with Gasteiger partial charge in [-0.2, -0.15) is 4.98 Å². The smallest absolute Gasteiger partial charge is 0.240 e. The molecule has 1 aliphatic heterocycles. The number of rotatable bonds is 9. The number of aromatic nitrogens is 2. The van der Waals surface area contributed by atoms with Crippen LogP contribution in [-0.4, -0.2) is 66.9 Å². The Morgan fingerprint density at radius 1 is 1.32 bits per heavy atom. The Morgan fingerprint density at radius 3 is 2.96 bits per heavy atom. The number of methoxy groups -OCH3 is 1. The molecule has 0 amide bonds. The lowest BCUT2D eigenvalue weighted by atomic mass is 10.1. The Balaban J connectivity index is 1.43. The maximum atomic E-state index is 5.42. The molecule has 1 aromatic heterocycles. The largest absolute Gasteiger partial charge is 0.383 e. The van der Waals surface area contributed by atoms with Crippen molar-refractivity contribution in [3.05, 3.63) is 47.6 Å². The summed E-state index contributed by atoms with van der Waals surface area (Å²) in [5, 5.41) is 4.11. The Morgan fingerprint density at radius 2 is 2.16 bits per heavy atom. The van der Waals surface area contributed by atoms with Crippen LogP contribution in [0.3, 0.4) is 0 Å². The van der Waals surface area contributed by atoms with Crippen LogP contribution in [0.1, 0.15) is 23.7 Å². The molecule has 0 radical (unpaired) electrons. The van der Waals surface area contributed by atoms with Gasteiger partial charge in [0.15, 0.2) is 5.82 Å². The Hall–Kier alpha value is -1.76. The first-order chi connectivity index (χ1) is 12.2. The molecule has 6 heteroatoms. The van der Waals surface area contributed by atoms with Gasteiger partial charge >= 0.3 is 0 Å². The van der Waals surface area contributed by atoms with Gasteiger partial charge in [-0.3, -0.25) is 4.90 Å². The fraction of sp³-hybridized carbons (Fsp3) is 0.579. The minimum absolute atomic E-state index is 0.697. The van der Waals surface area contributed by atoms with Gasteiger partial charge in [0.1, 0.15) is 0 Å². The average Bonchev–Trinajstić information content (AvgIpc) is 3.23. The molecule has 0 saturated carbocycles. The van der Waals surface area contributed by atoms with Crippen molar-refractivity contribution in [2.45, 2.75) is 19.4 Å². The minimum atomic E-state index is 0.697. The van der Waals surface area contributed by atoms with Crippen LogP contribution in [-0.2, 0) is 17.7 Å². The van der Waals surface area contributed by atoms with Crippen LogP contribution in [0.5, 0.6) is 0 Å². The van der Waals surface area contributed by atoms with Gasteiger partial charge in [-0.15, -0.1) is 0 Å². The van der Waals surface area contributed by atoms with Gasteiger partial charge in [0.2, 0.25) is 5.89 Å². The molecule has 1 aliphatic rings. The molecule has 0 bridgehead atoms. The van der Waals surface area contributed by atoms with Gasteiger partial charge in [-0.05, 0) is 31.5 Å². The number of hydrogen-bond donors (Lipinski definition) is 0. The van der Waals surface area contributed by atoms with E-state index in [2.05, 4.69) is 39.1 Å². The number of ether oxygens (including phenoxy) is 1. The lowest BCUT2D eigenvalue weighted by Crippen LogP contribution is -2.29. The number of nitrogens with zero attached hydrogens (tertiary/aromatic N) is 4. The van der Waals surface area contributed by atoms with Crippen LogP contribution in [0.15, 0.2) is 34.9 Å². The quantitative estimate of drug-likeness (QED) is 0.694. The van der Waals surface area contributed by atoms with Crippen LogP contribution in [0.4, 0.5) is 0 Å². The normalized spacial score (nSPS) is 18.3. The second-order valence-electron chi connectivity index (χ2n) is 6.91. The van der Waals surface area contributed by atoms with Crippen LogP contribution >= 0.6 is 0 Å². The minimum Gasteiger partial charge on any atom is -0.383 e. The van der Waals surface area contributed by atoms with Gasteiger partial charge in [0, 0.05) is 33.2 Å². The van der Waals surface area contributed by atoms with E-state index in [9.17, 15) is 0 Å². The van der Waals surface area contributed by atoms with E-state index in [0.29, 0.717) is 24.8 Å². The number of likely N-dealkylation sites (tertiary alicyclic amines) is 1. The van der Waals surface area contributed by atoms with E-state index in [4.69, 9.17) is 9.26 Å². The lowest BCUT2D eigenvalue weighted by Gasteiger charge is -2.20. The molecule has 2 heterocycles. The summed E-state index contributed by atoms with van der Waals surface area (Å²) in [4.78, 5) is 9.29. The molecule has 6 nitrogen and oxygen atoms in total. The fourth-order valence-corrected chi connectivity index (χ4v) is 3.43. The highest BCUT2D eigenvalue weighted by Crippen LogP contribution is 2.17. The van der Waals surface area contributed by atoms with Gasteiger partial charge < -0.3 is 14.2 Å². The van der Waals surface area contributed by atoms with Crippen molar-refractivity contribution in [3.8, 4) is 0 Å². The van der Waals surface area contributed by atoms with Crippen molar-refractivity contribution >= 4 is 0 Å². The third-order valence-electron chi connectivity index (χ3n) is 4.67.